The van der Waals surface area contributed by atoms with Gasteiger partial charge in [-0.15, -0.1) is 0 Å². The first kappa shape index (κ1) is 10.4. The Morgan fingerprint density at radius 2 is 2.20 bits per heavy atom. The minimum absolute atomic E-state index is 0.337. The van der Waals surface area contributed by atoms with Crippen molar-refractivity contribution < 1.29 is 14.3 Å². The molecular weight excluding hydrogens is 262 g/mol. The van der Waals surface area contributed by atoms with E-state index in [-0.39, 0.29) is 11.7 Å². The fourth-order valence-electron chi connectivity index (χ4n) is 1.86. The molecule has 1 amide bonds. The second-order valence-electron chi connectivity index (χ2n) is 3.53. The predicted molar refractivity (Wildman–Crippen MR) is 56.9 cm³/mol. The first-order valence-electron chi connectivity index (χ1n) is 4.52. The predicted octanol–water partition coefficient (Wildman–Crippen LogP) is 1.18. The first-order valence-corrected chi connectivity index (χ1v) is 5.31. The lowest BCUT2D eigenvalue weighted by molar-refractivity contribution is -0.140. The third-order valence-corrected chi connectivity index (χ3v) is 3.44. The highest BCUT2D eigenvalue weighted by molar-refractivity contribution is 9.11. The van der Waals surface area contributed by atoms with Crippen LogP contribution in [0.15, 0.2) is 22.0 Å². The van der Waals surface area contributed by atoms with Crippen LogP contribution in [-0.4, -0.2) is 30.7 Å². The highest BCUT2D eigenvalue weighted by atomic mass is 79.9. The van der Waals surface area contributed by atoms with Crippen LogP contribution in [0.5, 0.6) is 0 Å². The summed E-state index contributed by atoms with van der Waals surface area (Å²) in [5, 5.41) is 0. The van der Waals surface area contributed by atoms with Gasteiger partial charge in [0.15, 0.2) is 0 Å². The third kappa shape index (κ3) is 1.42. The summed E-state index contributed by atoms with van der Waals surface area (Å²) < 4.78 is 5.97. The second-order valence-corrected chi connectivity index (χ2v) is 4.48. The maximum absolute atomic E-state index is 11.6. The van der Waals surface area contributed by atoms with Crippen molar-refractivity contribution in [3.63, 3.8) is 0 Å². The van der Waals surface area contributed by atoms with E-state index in [1.165, 1.54) is 4.90 Å². The van der Waals surface area contributed by atoms with Gasteiger partial charge in [0.25, 0.3) is 5.91 Å². The van der Waals surface area contributed by atoms with Crippen molar-refractivity contribution in [1.82, 2.24) is 4.90 Å². The topological polar surface area (TPSA) is 46.6 Å². The lowest BCUT2D eigenvalue weighted by atomic mass is 9.95. The van der Waals surface area contributed by atoms with Crippen LogP contribution >= 0.6 is 15.9 Å². The number of hydrogen-bond donors (Lipinski definition) is 0. The minimum atomic E-state index is -0.441. The number of carbonyl (C=O) groups excluding carboxylic acids is 2. The van der Waals surface area contributed by atoms with Crippen molar-refractivity contribution in [2.75, 3.05) is 14.2 Å². The largest absolute Gasteiger partial charge is 0.496 e. The van der Waals surface area contributed by atoms with E-state index in [2.05, 4.69) is 15.9 Å². The van der Waals surface area contributed by atoms with Crippen molar-refractivity contribution in [3.8, 4) is 0 Å². The highest BCUT2D eigenvalue weighted by Gasteiger charge is 2.43. The van der Waals surface area contributed by atoms with Crippen LogP contribution in [0.2, 0.25) is 0 Å². The van der Waals surface area contributed by atoms with Crippen LogP contribution in [0.1, 0.15) is 6.42 Å². The average Bonchev–Trinajstić information content (AvgIpc) is 2.43. The Labute approximate surface area is 95.7 Å². The van der Waals surface area contributed by atoms with Crippen LogP contribution in [0, 0.1) is 5.92 Å². The van der Waals surface area contributed by atoms with Gasteiger partial charge in [-0.1, -0.05) is 15.9 Å². The van der Waals surface area contributed by atoms with Crippen LogP contribution in [-0.2, 0) is 14.3 Å². The lowest BCUT2D eigenvalue weighted by Gasteiger charge is -2.20. The molecule has 0 N–H and O–H groups in total. The van der Waals surface area contributed by atoms with E-state index in [9.17, 15) is 9.59 Å². The molecule has 1 unspecified atom stereocenters. The third-order valence-electron chi connectivity index (χ3n) is 2.73. The van der Waals surface area contributed by atoms with Gasteiger partial charge < -0.3 is 9.64 Å². The molecule has 1 fully saturated rings. The number of halogens is 1. The molecule has 0 saturated carbocycles. The smallest absolute Gasteiger partial charge is 0.294 e. The van der Waals surface area contributed by atoms with E-state index < -0.39 is 5.91 Å². The molecule has 0 aromatic carbocycles. The Morgan fingerprint density at radius 3 is 2.80 bits per heavy atom. The number of likely N-dealkylation sites (tertiary alicyclic amines) is 1. The average molecular weight is 272 g/mol. The first-order chi connectivity index (χ1) is 7.06. The minimum Gasteiger partial charge on any atom is -0.496 e. The zero-order chi connectivity index (χ0) is 11.2. The van der Waals surface area contributed by atoms with Crippen LogP contribution in [0.4, 0.5) is 0 Å². The second kappa shape index (κ2) is 3.48. The van der Waals surface area contributed by atoms with E-state index in [1.54, 1.807) is 20.2 Å². The van der Waals surface area contributed by atoms with Gasteiger partial charge in [0.05, 0.1) is 13.0 Å². The van der Waals surface area contributed by atoms with Gasteiger partial charge >= 0.3 is 0 Å². The lowest BCUT2D eigenvalue weighted by Crippen LogP contribution is -2.21. The van der Waals surface area contributed by atoms with Gasteiger partial charge in [0.1, 0.15) is 5.76 Å². The Bertz CT molecular complexity index is 411. The van der Waals surface area contributed by atoms with Crippen LogP contribution < -0.4 is 0 Å². The molecule has 1 aliphatic heterocycles. The van der Waals surface area contributed by atoms with Gasteiger partial charge in [-0.3, -0.25) is 9.59 Å². The molecule has 0 radical (unpaired) electrons. The molecule has 1 aliphatic carbocycles. The fraction of sp³-hybridized carbons (Fsp3) is 0.400. The number of carbonyl (C=O) groups is 2. The quantitative estimate of drug-likeness (QED) is 0.673. The standard InChI is InChI=1S/C10H10BrNO3/c1-12-7-4-8(15-2)6(11)3-5(7)9(13)10(12)14/h4-5H,3H2,1-2H3. The molecule has 0 aromatic heterocycles. The fourth-order valence-corrected chi connectivity index (χ4v) is 2.46. The number of hydrogen-bond acceptors (Lipinski definition) is 3. The van der Waals surface area contributed by atoms with Crippen molar-refractivity contribution in [1.29, 1.82) is 0 Å². The monoisotopic (exact) mass is 271 g/mol. The van der Waals surface area contributed by atoms with Crippen molar-refractivity contribution in [2.24, 2.45) is 5.92 Å². The van der Waals surface area contributed by atoms with Crippen molar-refractivity contribution >= 4 is 27.6 Å². The summed E-state index contributed by atoms with van der Waals surface area (Å²) in [6.07, 6.45) is 2.24. The molecule has 1 heterocycles. The maximum atomic E-state index is 11.6. The van der Waals surface area contributed by atoms with Crippen molar-refractivity contribution in [2.45, 2.75) is 6.42 Å². The molecule has 0 bridgehead atoms. The summed E-state index contributed by atoms with van der Waals surface area (Å²) in [7, 11) is 3.17. The molecule has 15 heavy (non-hydrogen) atoms. The molecule has 1 atom stereocenters. The Kier molecular flexibility index (Phi) is 2.42. The zero-order valence-corrected chi connectivity index (χ0v) is 10.00. The zero-order valence-electron chi connectivity index (χ0n) is 8.41. The molecule has 2 rings (SSSR count). The van der Waals surface area contributed by atoms with E-state index >= 15 is 0 Å². The maximum Gasteiger partial charge on any atom is 0.294 e. The summed E-state index contributed by atoms with van der Waals surface area (Å²) in [6, 6.07) is 0. The number of rotatable bonds is 1. The van der Waals surface area contributed by atoms with Gasteiger partial charge in [-0.25, -0.2) is 0 Å². The molecule has 4 nitrogen and oxygen atoms in total. The van der Waals surface area contributed by atoms with E-state index in [0.717, 1.165) is 10.2 Å². The molecule has 0 spiro atoms. The summed E-state index contributed by atoms with van der Waals surface area (Å²) in [6.45, 7) is 0. The number of methoxy groups -OCH3 is 1. The molecular formula is C10H10BrNO3. The summed E-state index contributed by atoms with van der Waals surface area (Å²) in [4.78, 5) is 24.4. The van der Waals surface area contributed by atoms with Gasteiger partial charge in [0.2, 0.25) is 5.78 Å². The van der Waals surface area contributed by atoms with E-state index in [1.807, 2.05) is 0 Å². The Hall–Kier alpha value is -1.10. The van der Waals surface area contributed by atoms with Gasteiger partial charge in [0, 0.05) is 23.3 Å². The molecule has 5 heteroatoms. The molecule has 80 valence electrons. The van der Waals surface area contributed by atoms with Crippen LogP contribution in [0.25, 0.3) is 0 Å². The Balaban J connectivity index is 2.44. The highest BCUT2D eigenvalue weighted by Crippen LogP contribution is 2.38. The number of nitrogens with zero attached hydrogens (tertiary/aromatic N) is 1. The van der Waals surface area contributed by atoms with Gasteiger partial charge in [-0.05, 0) is 6.42 Å². The number of Topliss-reactive ketones (excluding diaryl/α,β-unsaturated/α-hetero) is 1. The molecule has 1 saturated heterocycles. The number of fused-ring (bicyclic) bond motifs is 1. The van der Waals surface area contributed by atoms with E-state index in [0.29, 0.717) is 12.2 Å². The SMILES string of the molecule is COC1=C(Br)CC2C(=O)C(=O)N(C)C2=C1. The number of amides is 1. The van der Waals surface area contributed by atoms with Crippen molar-refractivity contribution in [3.05, 3.63) is 22.0 Å². The summed E-state index contributed by atoms with van der Waals surface area (Å²) in [5.74, 6) is -0.439. The molecule has 0 aromatic rings. The summed E-state index contributed by atoms with van der Waals surface area (Å²) >= 11 is 3.35. The molecule has 2 aliphatic rings. The number of ether oxygens (including phenoxy) is 1. The number of likely N-dealkylation sites (N-methyl/N-ethyl adjacent to an activating group) is 1. The Morgan fingerprint density at radius 1 is 1.53 bits per heavy atom. The van der Waals surface area contributed by atoms with Crippen LogP contribution in [0.3, 0.4) is 0 Å². The van der Waals surface area contributed by atoms with E-state index in [4.69, 9.17) is 4.74 Å². The number of allylic oxidation sites excluding steroid dienone is 3. The number of ketones is 1. The normalized spacial score (nSPS) is 25.7. The van der Waals surface area contributed by atoms with Gasteiger partial charge in [-0.2, -0.15) is 0 Å². The summed E-state index contributed by atoms with van der Waals surface area (Å²) in [5.41, 5.74) is 0.727.